The van der Waals surface area contributed by atoms with Crippen LogP contribution in [0.1, 0.15) is 23.3 Å². The molecule has 0 radical (unpaired) electrons. The minimum Gasteiger partial charge on any atom is -0.467 e. The van der Waals surface area contributed by atoms with Gasteiger partial charge in [-0.05, 0) is 31.0 Å². The molecule has 0 saturated carbocycles. The molecular weight excluding hydrogens is 292 g/mol. The van der Waals surface area contributed by atoms with Crippen molar-refractivity contribution in [2.45, 2.75) is 26.3 Å². The largest absolute Gasteiger partial charge is 0.467 e. The van der Waals surface area contributed by atoms with Gasteiger partial charge in [0.15, 0.2) is 0 Å². The Bertz CT molecular complexity index is 633. The van der Waals surface area contributed by atoms with E-state index in [-0.39, 0.29) is 18.4 Å². The molecule has 5 heteroatoms. The molecule has 0 atom stereocenters. The van der Waals surface area contributed by atoms with Crippen LogP contribution in [0.15, 0.2) is 47.1 Å². The quantitative estimate of drug-likeness (QED) is 0.853. The summed E-state index contributed by atoms with van der Waals surface area (Å²) in [5.41, 5.74) is 2.32. The Morgan fingerprint density at radius 2 is 1.91 bits per heavy atom. The van der Waals surface area contributed by atoms with Crippen molar-refractivity contribution in [1.29, 1.82) is 0 Å². The van der Waals surface area contributed by atoms with Crippen molar-refractivity contribution in [2.24, 2.45) is 0 Å². The van der Waals surface area contributed by atoms with Crippen LogP contribution in [0.2, 0.25) is 0 Å². The Morgan fingerprint density at radius 1 is 1.17 bits per heavy atom. The predicted molar refractivity (Wildman–Crippen MR) is 87.7 cm³/mol. The molecule has 0 bridgehead atoms. The van der Waals surface area contributed by atoms with Crippen LogP contribution >= 0.6 is 0 Å². The number of hydrogen-bond acceptors (Lipinski definition) is 3. The monoisotopic (exact) mass is 314 g/mol. The number of furan rings is 1. The summed E-state index contributed by atoms with van der Waals surface area (Å²) in [4.78, 5) is 25.3. The standard InChI is InChI=1S/C18H22N2O3/c1-14-5-7-15(8-6-14)9-10-18(22)20(2)13-17(21)19-12-16-4-3-11-23-16/h3-8,11H,9-10,12-13H2,1-2H3,(H,19,21). The first kappa shape index (κ1) is 16.8. The van der Waals surface area contributed by atoms with Gasteiger partial charge < -0.3 is 14.6 Å². The van der Waals surface area contributed by atoms with Crippen LogP contribution in [0.4, 0.5) is 0 Å². The molecule has 0 aliphatic heterocycles. The van der Waals surface area contributed by atoms with Gasteiger partial charge in [0.05, 0.1) is 19.4 Å². The van der Waals surface area contributed by atoms with E-state index in [4.69, 9.17) is 4.42 Å². The summed E-state index contributed by atoms with van der Waals surface area (Å²) in [6.07, 6.45) is 2.63. The zero-order valence-electron chi connectivity index (χ0n) is 13.5. The lowest BCUT2D eigenvalue weighted by Crippen LogP contribution is -2.38. The van der Waals surface area contributed by atoms with Gasteiger partial charge in [0.2, 0.25) is 11.8 Å². The Labute approximate surface area is 136 Å². The van der Waals surface area contributed by atoms with Gasteiger partial charge in [0, 0.05) is 13.5 Å². The molecule has 0 aliphatic carbocycles. The van der Waals surface area contributed by atoms with E-state index in [2.05, 4.69) is 5.32 Å². The van der Waals surface area contributed by atoms with E-state index in [0.29, 0.717) is 25.1 Å². The topological polar surface area (TPSA) is 62.6 Å². The first-order chi connectivity index (χ1) is 11.0. The van der Waals surface area contributed by atoms with Gasteiger partial charge in [-0.1, -0.05) is 29.8 Å². The average molecular weight is 314 g/mol. The number of carbonyl (C=O) groups is 2. The van der Waals surface area contributed by atoms with E-state index in [1.807, 2.05) is 31.2 Å². The van der Waals surface area contributed by atoms with Crippen LogP contribution in [-0.2, 0) is 22.6 Å². The van der Waals surface area contributed by atoms with Crippen molar-refractivity contribution in [3.8, 4) is 0 Å². The maximum atomic E-state index is 12.1. The van der Waals surface area contributed by atoms with E-state index in [1.165, 1.54) is 10.5 Å². The predicted octanol–water partition coefficient (Wildman–Crippen LogP) is 2.30. The highest BCUT2D eigenvalue weighted by Gasteiger charge is 2.13. The summed E-state index contributed by atoms with van der Waals surface area (Å²) in [5, 5.41) is 2.72. The highest BCUT2D eigenvalue weighted by atomic mass is 16.3. The third kappa shape index (κ3) is 5.62. The molecule has 5 nitrogen and oxygen atoms in total. The molecule has 1 N–H and O–H groups in total. The molecular formula is C18H22N2O3. The van der Waals surface area contributed by atoms with Crippen molar-refractivity contribution in [3.63, 3.8) is 0 Å². The number of rotatable bonds is 7. The molecule has 0 unspecified atom stereocenters. The fourth-order valence-corrected chi connectivity index (χ4v) is 2.16. The smallest absolute Gasteiger partial charge is 0.239 e. The Balaban J connectivity index is 1.71. The van der Waals surface area contributed by atoms with Crippen molar-refractivity contribution >= 4 is 11.8 Å². The summed E-state index contributed by atoms with van der Waals surface area (Å²) in [7, 11) is 1.64. The number of aryl methyl sites for hydroxylation is 2. The summed E-state index contributed by atoms with van der Waals surface area (Å²) in [6, 6.07) is 11.7. The lowest BCUT2D eigenvalue weighted by Gasteiger charge is -2.16. The third-order valence-corrected chi connectivity index (χ3v) is 3.59. The number of likely N-dealkylation sites (N-methyl/N-ethyl adjacent to an activating group) is 1. The molecule has 0 fully saturated rings. The third-order valence-electron chi connectivity index (χ3n) is 3.59. The van der Waals surface area contributed by atoms with Crippen LogP contribution in [-0.4, -0.2) is 30.3 Å². The van der Waals surface area contributed by atoms with Crippen LogP contribution in [0.25, 0.3) is 0 Å². The second-order valence-electron chi connectivity index (χ2n) is 5.59. The molecule has 0 saturated heterocycles. The first-order valence-electron chi connectivity index (χ1n) is 7.63. The Hall–Kier alpha value is -2.56. The summed E-state index contributed by atoms with van der Waals surface area (Å²) in [6.45, 7) is 2.41. The van der Waals surface area contributed by atoms with Crippen molar-refractivity contribution in [1.82, 2.24) is 10.2 Å². The van der Waals surface area contributed by atoms with Crippen LogP contribution in [0.5, 0.6) is 0 Å². The van der Waals surface area contributed by atoms with Gasteiger partial charge in [0.1, 0.15) is 5.76 Å². The van der Waals surface area contributed by atoms with Gasteiger partial charge in [-0.2, -0.15) is 0 Å². The van der Waals surface area contributed by atoms with Crippen molar-refractivity contribution in [3.05, 3.63) is 59.5 Å². The highest BCUT2D eigenvalue weighted by Crippen LogP contribution is 2.07. The van der Waals surface area contributed by atoms with Gasteiger partial charge >= 0.3 is 0 Å². The summed E-state index contributed by atoms with van der Waals surface area (Å²) in [5.74, 6) is 0.443. The zero-order chi connectivity index (χ0) is 16.7. The van der Waals surface area contributed by atoms with Crippen molar-refractivity contribution < 1.29 is 14.0 Å². The molecule has 23 heavy (non-hydrogen) atoms. The second-order valence-corrected chi connectivity index (χ2v) is 5.59. The highest BCUT2D eigenvalue weighted by molar-refractivity contribution is 5.84. The Morgan fingerprint density at radius 3 is 2.57 bits per heavy atom. The van der Waals surface area contributed by atoms with Crippen LogP contribution in [0, 0.1) is 6.92 Å². The van der Waals surface area contributed by atoms with Gasteiger partial charge in [-0.3, -0.25) is 9.59 Å². The molecule has 1 aromatic heterocycles. The molecule has 1 heterocycles. The maximum absolute atomic E-state index is 12.1. The van der Waals surface area contributed by atoms with E-state index < -0.39 is 0 Å². The Kier molecular flexibility index (Phi) is 5.97. The number of amides is 2. The fourth-order valence-electron chi connectivity index (χ4n) is 2.16. The molecule has 2 aromatic rings. The van der Waals surface area contributed by atoms with E-state index in [1.54, 1.807) is 25.4 Å². The number of nitrogens with zero attached hydrogens (tertiary/aromatic N) is 1. The van der Waals surface area contributed by atoms with Gasteiger partial charge in [0.25, 0.3) is 0 Å². The lowest BCUT2D eigenvalue weighted by molar-refractivity contribution is -0.134. The SMILES string of the molecule is Cc1ccc(CCC(=O)N(C)CC(=O)NCc2ccco2)cc1. The molecule has 2 rings (SSSR count). The van der Waals surface area contributed by atoms with E-state index >= 15 is 0 Å². The lowest BCUT2D eigenvalue weighted by atomic mass is 10.1. The number of benzene rings is 1. The van der Waals surface area contributed by atoms with Crippen LogP contribution < -0.4 is 5.32 Å². The van der Waals surface area contributed by atoms with Crippen molar-refractivity contribution in [2.75, 3.05) is 13.6 Å². The number of nitrogens with one attached hydrogen (secondary N) is 1. The molecule has 2 amide bonds. The number of carbonyl (C=O) groups excluding carboxylic acids is 2. The summed E-state index contributed by atoms with van der Waals surface area (Å²) < 4.78 is 5.14. The van der Waals surface area contributed by atoms with Crippen LogP contribution in [0.3, 0.4) is 0 Å². The second kappa shape index (κ2) is 8.17. The zero-order valence-corrected chi connectivity index (χ0v) is 13.5. The van der Waals surface area contributed by atoms with E-state index in [0.717, 1.165) is 5.56 Å². The molecule has 0 aliphatic rings. The first-order valence-corrected chi connectivity index (χ1v) is 7.63. The minimum absolute atomic E-state index is 0.0428. The van der Waals surface area contributed by atoms with Gasteiger partial charge in [-0.25, -0.2) is 0 Å². The van der Waals surface area contributed by atoms with E-state index in [9.17, 15) is 9.59 Å². The summed E-state index contributed by atoms with van der Waals surface area (Å²) >= 11 is 0. The minimum atomic E-state index is -0.201. The normalized spacial score (nSPS) is 10.3. The fraction of sp³-hybridized carbons (Fsp3) is 0.333. The molecule has 1 aromatic carbocycles. The maximum Gasteiger partial charge on any atom is 0.239 e. The molecule has 122 valence electrons. The van der Waals surface area contributed by atoms with Gasteiger partial charge in [-0.15, -0.1) is 0 Å². The average Bonchev–Trinajstić information content (AvgIpc) is 3.05. The number of hydrogen-bond donors (Lipinski definition) is 1. The molecule has 0 spiro atoms.